The zero-order chi connectivity index (χ0) is 17.8. The highest BCUT2D eigenvalue weighted by Crippen LogP contribution is 2.38. The summed E-state index contributed by atoms with van der Waals surface area (Å²) < 4.78 is 37.6. The molecule has 130 valence electrons. The van der Waals surface area contributed by atoms with Crippen molar-refractivity contribution in [2.45, 2.75) is 12.1 Å². The van der Waals surface area contributed by atoms with Crippen molar-refractivity contribution in [3.63, 3.8) is 0 Å². The van der Waals surface area contributed by atoms with Crippen LogP contribution in [0.4, 0.5) is 20.6 Å². The Morgan fingerprint density at radius 2 is 1.32 bits per heavy atom. The Morgan fingerprint density at radius 3 is 1.80 bits per heavy atom. The highest BCUT2D eigenvalue weighted by molar-refractivity contribution is 7.91. The molecule has 0 aliphatic carbocycles. The predicted molar refractivity (Wildman–Crippen MR) is 94.4 cm³/mol. The van der Waals surface area contributed by atoms with Gasteiger partial charge in [-0.3, -0.25) is 9.80 Å². The van der Waals surface area contributed by atoms with Crippen LogP contribution in [-0.4, -0.2) is 38.0 Å². The lowest BCUT2D eigenvalue weighted by atomic mass is 10.1. The first-order chi connectivity index (χ1) is 11.9. The van der Waals surface area contributed by atoms with Gasteiger partial charge in [0.15, 0.2) is 9.84 Å². The summed E-state index contributed by atoms with van der Waals surface area (Å²) in [7, 11) is -3.26. The third-order valence-corrected chi connectivity index (χ3v) is 6.53. The quantitative estimate of drug-likeness (QED) is 0.752. The minimum absolute atomic E-state index is 0.0935. The zero-order valence-corrected chi connectivity index (χ0v) is 14.5. The van der Waals surface area contributed by atoms with E-state index in [9.17, 15) is 17.6 Å². The molecule has 8 heteroatoms. The molecule has 2 heterocycles. The Balaban J connectivity index is 1.79. The molecule has 0 bridgehead atoms. The molecule has 5 nitrogen and oxygen atoms in total. The summed E-state index contributed by atoms with van der Waals surface area (Å²) in [6.07, 6.45) is 0. The van der Waals surface area contributed by atoms with Gasteiger partial charge in [-0.1, -0.05) is 11.6 Å². The van der Waals surface area contributed by atoms with Gasteiger partial charge in [-0.2, -0.15) is 0 Å². The van der Waals surface area contributed by atoms with Crippen molar-refractivity contribution < 1.29 is 17.6 Å². The van der Waals surface area contributed by atoms with Gasteiger partial charge in [-0.05, 0) is 48.5 Å². The molecule has 0 radical (unpaired) electrons. The number of hydrogen-bond donors (Lipinski definition) is 0. The lowest BCUT2D eigenvalue weighted by Crippen LogP contribution is -2.37. The van der Waals surface area contributed by atoms with Crippen LogP contribution in [0.15, 0.2) is 48.5 Å². The molecule has 2 amide bonds. The largest absolute Gasteiger partial charge is 0.329 e. The number of halogens is 2. The fourth-order valence-corrected chi connectivity index (χ4v) is 5.56. The number of urea groups is 1. The SMILES string of the molecule is O=C1N(c2ccc(F)cc2)C2CS(=O)(=O)CC2N1c1ccc(Cl)cc1. The molecule has 2 fully saturated rings. The number of sulfone groups is 1. The van der Waals surface area contributed by atoms with Gasteiger partial charge in [0.2, 0.25) is 0 Å². The van der Waals surface area contributed by atoms with Crippen LogP contribution in [0, 0.1) is 5.82 Å². The maximum absolute atomic E-state index is 13.2. The molecule has 2 aromatic carbocycles. The molecular weight excluding hydrogens is 367 g/mol. The van der Waals surface area contributed by atoms with E-state index < -0.39 is 27.7 Å². The van der Waals surface area contributed by atoms with Gasteiger partial charge in [0, 0.05) is 16.4 Å². The van der Waals surface area contributed by atoms with Crippen molar-refractivity contribution in [2.75, 3.05) is 21.3 Å². The molecule has 2 atom stereocenters. The second kappa shape index (κ2) is 5.71. The van der Waals surface area contributed by atoms with Crippen molar-refractivity contribution in [3.05, 3.63) is 59.4 Å². The number of benzene rings is 2. The maximum Gasteiger partial charge on any atom is 0.329 e. The van der Waals surface area contributed by atoms with Crippen LogP contribution in [0.25, 0.3) is 0 Å². The summed E-state index contributed by atoms with van der Waals surface area (Å²) in [5, 5.41) is 0.529. The second-order valence-electron chi connectivity index (χ2n) is 6.19. The number of nitrogens with zero attached hydrogens (tertiary/aromatic N) is 2. The number of carbonyl (C=O) groups is 1. The molecule has 0 aromatic heterocycles. The molecule has 2 aliphatic heterocycles. The third-order valence-electron chi connectivity index (χ3n) is 4.58. The number of hydrogen-bond acceptors (Lipinski definition) is 3. The van der Waals surface area contributed by atoms with E-state index >= 15 is 0 Å². The topological polar surface area (TPSA) is 57.7 Å². The summed E-state index contributed by atoms with van der Waals surface area (Å²) in [6, 6.07) is 10.9. The highest BCUT2D eigenvalue weighted by atomic mass is 35.5. The van der Waals surface area contributed by atoms with Gasteiger partial charge >= 0.3 is 6.03 Å². The fourth-order valence-electron chi connectivity index (χ4n) is 3.51. The van der Waals surface area contributed by atoms with Crippen LogP contribution in [0.2, 0.25) is 5.02 Å². The Morgan fingerprint density at radius 1 is 0.880 bits per heavy atom. The van der Waals surface area contributed by atoms with Gasteiger partial charge in [0.1, 0.15) is 5.82 Å². The van der Waals surface area contributed by atoms with Crippen LogP contribution < -0.4 is 9.80 Å². The Labute approximate surface area is 149 Å². The lowest BCUT2D eigenvalue weighted by molar-refractivity contribution is 0.255. The van der Waals surface area contributed by atoms with Crippen LogP contribution in [0.5, 0.6) is 0 Å². The first kappa shape index (κ1) is 16.4. The Kier molecular flexibility index (Phi) is 3.73. The first-order valence-electron chi connectivity index (χ1n) is 7.70. The Bertz CT molecular complexity index is 862. The summed E-state index contributed by atoms with van der Waals surface area (Å²) in [5.74, 6) is -0.616. The normalized spacial score (nSPS) is 24.6. The highest BCUT2D eigenvalue weighted by Gasteiger charge is 2.54. The second-order valence-corrected chi connectivity index (χ2v) is 8.78. The first-order valence-corrected chi connectivity index (χ1v) is 9.90. The van der Waals surface area contributed by atoms with Crippen molar-refractivity contribution in [2.24, 2.45) is 0 Å². The van der Waals surface area contributed by atoms with Crippen LogP contribution in [0.1, 0.15) is 0 Å². The number of rotatable bonds is 2. The molecule has 0 saturated carbocycles. The summed E-state index contributed by atoms with van der Waals surface area (Å²) in [4.78, 5) is 16.0. The minimum Gasteiger partial charge on any atom is -0.288 e. The van der Waals surface area contributed by atoms with E-state index in [0.717, 1.165) is 0 Å². The zero-order valence-electron chi connectivity index (χ0n) is 13.0. The van der Waals surface area contributed by atoms with E-state index in [0.29, 0.717) is 16.4 Å². The molecule has 2 aliphatic rings. The van der Waals surface area contributed by atoms with Crippen LogP contribution >= 0.6 is 11.6 Å². The van der Waals surface area contributed by atoms with Gasteiger partial charge in [-0.25, -0.2) is 17.6 Å². The molecule has 0 N–H and O–H groups in total. The smallest absolute Gasteiger partial charge is 0.288 e. The lowest BCUT2D eigenvalue weighted by Gasteiger charge is -2.22. The number of carbonyl (C=O) groups excluding carboxylic acids is 1. The summed E-state index contributed by atoms with van der Waals surface area (Å²) in [6.45, 7) is 0. The van der Waals surface area contributed by atoms with Crippen molar-refractivity contribution >= 4 is 38.8 Å². The molecule has 25 heavy (non-hydrogen) atoms. The minimum atomic E-state index is -3.26. The van der Waals surface area contributed by atoms with Crippen molar-refractivity contribution in [1.82, 2.24) is 0 Å². The average molecular weight is 381 g/mol. The van der Waals surface area contributed by atoms with Crippen LogP contribution in [0.3, 0.4) is 0 Å². The monoisotopic (exact) mass is 380 g/mol. The maximum atomic E-state index is 13.2. The standard InChI is InChI=1S/C17H14ClFN2O3S/c18-11-1-5-13(6-2-11)20-15-9-25(23,24)10-16(15)21(17(20)22)14-7-3-12(19)4-8-14/h1-8,15-16H,9-10H2. The van der Waals surface area contributed by atoms with Crippen LogP contribution in [-0.2, 0) is 9.84 Å². The third kappa shape index (κ3) is 2.77. The molecule has 2 aromatic rings. The average Bonchev–Trinajstić information content (AvgIpc) is 2.99. The van der Waals surface area contributed by atoms with E-state index in [1.807, 2.05) is 0 Å². The van der Waals surface area contributed by atoms with Gasteiger partial charge in [0.05, 0.1) is 23.6 Å². The number of amides is 2. The van der Waals surface area contributed by atoms with Crippen molar-refractivity contribution in [3.8, 4) is 0 Å². The number of anilines is 2. The van der Waals surface area contributed by atoms with Crippen molar-refractivity contribution in [1.29, 1.82) is 0 Å². The van der Waals surface area contributed by atoms with E-state index in [1.54, 1.807) is 24.3 Å². The van der Waals surface area contributed by atoms with E-state index in [2.05, 4.69) is 0 Å². The van der Waals surface area contributed by atoms with E-state index in [-0.39, 0.29) is 17.5 Å². The fraction of sp³-hybridized carbons (Fsp3) is 0.235. The molecular formula is C17H14ClFN2O3S. The van der Waals surface area contributed by atoms with E-state index in [4.69, 9.17) is 11.6 Å². The summed E-state index contributed by atoms with van der Waals surface area (Å²) in [5.41, 5.74) is 1.07. The number of fused-ring (bicyclic) bond motifs is 1. The summed E-state index contributed by atoms with van der Waals surface area (Å²) >= 11 is 5.91. The molecule has 0 spiro atoms. The van der Waals surface area contributed by atoms with Gasteiger partial charge in [0.25, 0.3) is 0 Å². The van der Waals surface area contributed by atoms with Gasteiger partial charge in [-0.15, -0.1) is 0 Å². The Hall–Kier alpha value is -2.12. The van der Waals surface area contributed by atoms with Gasteiger partial charge < -0.3 is 0 Å². The molecule has 2 saturated heterocycles. The molecule has 2 unspecified atom stereocenters. The van der Waals surface area contributed by atoms with E-state index in [1.165, 1.54) is 34.1 Å². The predicted octanol–water partition coefficient (Wildman–Crippen LogP) is 3.09. The molecule has 4 rings (SSSR count).